The molecule has 0 spiro atoms. The molecule has 1 aromatic rings. The third-order valence-corrected chi connectivity index (χ3v) is 4.60. The zero-order valence-electron chi connectivity index (χ0n) is 9.07. The van der Waals surface area contributed by atoms with Crippen LogP contribution >= 0.6 is 11.6 Å². The summed E-state index contributed by atoms with van der Waals surface area (Å²) in [6.45, 7) is 0. The molecule has 1 aliphatic rings. The Kier molecular flexibility index (Phi) is 3.56. The van der Waals surface area contributed by atoms with Gasteiger partial charge in [-0.1, -0.05) is 24.4 Å². The Morgan fingerprint density at radius 3 is 2.59 bits per heavy atom. The van der Waals surface area contributed by atoms with E-state index in [-0.39, 0.29) is 16.0 Å². The van der Waals surface area contributed by atoms with Gasteiger partial charge >= 0.3 is 0 Å². The fourth-order valence-electron chi connectivity index (χ4n) is 1.92. The average molecular weight is 277 g/mol. The van der Waals surface area contributed by atoms with Crippen LogP contribution in [0.4, 0.5) is 0 Å². The lowest BCUT2D eigenvalue weighted by molar-refractivity contribution is 0.552. The summed E-state index contributed by atoms with van der Waals surface area (Å²) in [5.41, 5.74) is -0.494. The lowest BCUT2D eigenvalue weighted by Crippen LogP contribution is -2.33. The molecule has 0 amide bonds. The number of rotatable bonds is 3. The first-order valence-corrected chi connectivity index (χ1v) is 7.26. The molecular formula is C10H13ClN2O3S. The molecule has 7 heteroatoms. The van der Waals surface area contributed by atoms with Gasteiger partial charge in [-0.05, 0) is 18.9 Å². The average Bonchev–Trinajstić information content (AvgIpc) is 2.73. The van der Waals surface area contributed by atoms with Gasteiger partial charge < -0.3 is 4.98 Å². The quantitative estimate of drug-likeness (QED) is 0.872. The molecule has 0 aromatic carbocycles. The van der Waals surface area contributed by atoms with Gasteiger partial charge in [0, 0.05) is 12.2 Å². The van der Waals surface area contributed by atoms with Crippen LogP contribution < -0.4 is 10.3 Å². The summed E-state index contributed by atoms with van der Waals surface area (Å²) >= 11 is 5.60. The van der Waals surface area contributed by atoms with E-state index in [9.17, 15) is 13.2 Å². The second-order valence-electron chi connectivity index (χ2n) is 4.12. The fourth-order valence-corrected chi connectivity index (χ4v) is 3.46. The Morgan fingerprint density at radius 1 is 1.35 bits per heavy atom. The normalized spacial score (nSPS) is 17.5. The first kappa shape index (κ1) is 12.6. The molecule has 0 bridgehead atoms. The van der Waals surface area contributed by atoms with Gasteiger partial charge in [0.2, 0.25) is 10.0 Å². The van der Waals surface area contributed by atoms with Gasteiger partial charge in [-0.3, -0.25) is 4.79 Å². The fraction of sp³-hybridized carbons (Fsp3) is 0.500. The van der Waals surface area contributed by atoms with Crippen LogP contribution in [-0.4, -0.2) is 19.4 Å². The number of pyridine rings is 1. The van der Waals surface area contributed by atoms with Crippen molar-refractivity contribution in [2.75, 3.05) is 0 Å². The molecule has 2 N–H and O–H groups in total. The summed E-state index contributed by atoms with van der Waals surface area (Å²) in [6, 6.07) is 1.16. The minimum atomic E-state index is -3.59. The maximum Gasteiger partial charge on any atom is 0.266 e. The Morgan fingerprint density at radius 2 is 2.00 bits per heavy atom. The summed E-state index contributed by atoms with van der Waals surface area (Å²) in [5, 5.41) is -0.126. The number of sulfonamides is 1. The van der Waals surface area contributed by atoms with Gasteiger partial charge in [-0.2, -0.15) is 0 Å². The highest BCUT2D eigenvalue weighted by atomic mass is 35.5. The number of aromatic amines is 1. The molecular weight excluding hydrogens is 264 g/mol. The van der Waals surface area contributed by atoms with E-state index in [2.05, 4.69) is 9.71 Å². The van der Waals surface area contributed by atoms with Crippen molar-refractivity contribution in [1.82, 2.24) is 9.71 Å². The van der Waals surface area contributed by atoms with Gasteiger partial charge in [0.25, 0.3) is 5.56 Å². The molecule has 1 aliphatic carbocycles. The zero-order valence-corrected chi connectivity index (χ0v) is 10.6. The highest BCUT2D eigenvalue weighted by Crippen LogP contribution is 2.20. The molecule has 0 unspecified atom stereocenters. The number of halogens is 1. The molecule has 0 radical (unpaired) electrons. The van der Waals surface area contributed by atoms with Crippen molar-refractivity contribution >= 4 is 21.6 Å². The maximum atomic E-state index is 12.0. The Balaban J connectivity index is 2.24. The van der Waals surface area contributed by atoms with Crippen LogP contribution in [0.15, 0.2) is 22.0 Å². The molecule has 1 heterocycles. The van der Waals surface area contributed by atoms with Gasteiger partial charge in [-0.15, -0.1) is 0 Å². The van der Waals surface area contributed by atoms with Crippen LogP contribution in [0.1, 0.15) is 25.7 Å². The lowest BCUT2D eigenvalue weighted by atomic mass is 10.3. The molecule has 0 aliphatic heterocycles. The highest BCUT2D eigenvalue weighted by Gasteiger charge is 2.23. The van der Waals surface area contributed by atoms with E-state index in [0.29, 0.717) is 0 Å². The van der Waals surface area contributed by atoms with Crippen LogP contribution in [0, 0.1) is 0 Å². The Bertz CT molecular complexity index is 561. The molecule has 2 rings (SSSR count). The first-order valence-electron chi connectivity index (χ1n) is 5.39. The van der Waals surface area contributed by atoms with Crippen LogP contribution in [0.2, 0.25) is 5.02 Å². The monoisotopic (exact) mass is 276 g/mol. The molecule has 1 fully saturated rings. The van der Waals surface area contributed by atoms with E-state index in [0.717, 1.165) is 37.9 Å². The zero-order chi connectivity index (χ0) is 12.5. The van der Waals surface area contributed by atoms with Crippen LogP contribution in [0.25, 0.3) is 0 Å². The number of H-pyrrole nitrogens is 1. The maximum absolute atomic E-state index is 12.0. The molecule has 0 saturated heterocycles. The summed E-state index contributed by atoms with van der Waals surface area (Å²) < 4.78 is 26.5. The topological polar surface area (TPSA) is 79.0 Å². The minimum absolute atomic E-state index is 0.00556. The van der Waals surface area contributed by atoms with E-state index in [4.69, 9.17) is 11.6 Å². The number of hydrogen-bond donors (Lipinski definition) is 2. The van der Waals surface area contributed by atoms with Crippen LogP contribution in [0.3, 0.4) is 0 Å². The van der Waals surface area contributed by atoms with E-state index in [1.807, 2.05) is 0 Å². The van der Waals surface area contributed by atoms with Crippen molar-refractivity contribution in [3.8, 4) is 0 Å². The van der Waals surface area contributed by atoms with Crippen LogP contribution in [0.5, 0.6) is 0 Å². The Labute approximate surface area is 104 Å². The van der Waals surface area contributed by atoms with Gasteiger partial charge in [0.1, 0.15) is 5.02 Å². The number of nitrogens with one attached hydrogen (secondary N) is 2. The number of hydrogen-bond acceptors (Lipinski definition) is 3. The van der Waals surface area contributed by atoms with Gasteiger partial charge in [-0.25, -0.2) is 13.1 Å². The van der Waals surface area contributed by atoms with Crippen molar-refractivity contribution in [3.05, 3.63) is 27.6 Å². The van der Waals surface area contributed by atoms with Gasteiger partial charge in [0.05, 0.1) is 4.90 Å². The number of aromatic nitrogens is 1. The summed E-state index contributed by atoms with van der Waals surface area (Å²) in [6.07, 6.45) is 4.96. The largest absolute Gasteiger partial charge is 0.326 e. The molecule has 0 atom stereocenters. The van der Waals surface area contributed by atoms with Crippen LogP contribution in [-0.2, 0) is 10.0 Å². The SMILES string of the molecule is O=c1[nH]cc(S(=O)(=O)NC2CCCC2)cc1Cl. The molecule has 94 valence electrons. The predicted octanol–water partition coefficient (Wildman–Crippen LogP) is 1.25. The lowest BCUT2D eigenvalue weighted by Gasteiger charge is -2.12. The predicted molar refractivity (Wildman–Crippen MR) is 64.7 cm³/mol. The van der Waals surface area contributed by atoms with Gasteiger partial charge in [0.15, 0.2) is 0 Å². The second-order valence-corrected chi connectivity index (χ2v) is 6.24. The van der Waals surface area contributed by atoms with Crippen molar-refractivity contribution in [3.63, 3.8) is 0 Å². The summed E-state index contributed by atoms with van der Waals surface area (Å²) in [5.74, 6) is 0. The van der Waals surface area contributed by atoms with E-state index >= 15 is 0 Å². The molecule has 1 aromatic heterocycles. The molecule has 1 saturated carbocycles. The molecule has 17 heavy (non-hydrogen) atoms. The Hall–Kier alpha value is -0.850. The highest BCUT2D eigenvalue weighted by molar-refractivity contribution is 7.89. The smallest absolute Gasteiger partial charge is 0.266 e. The van der Waals surface area contributed by atoms with E-state index < -0.39 is 15.6 Å². The summed E-state index contributed by atoms with van der Waals surface area (Å²) in [4.78, 5) is 13.3. The van der Waals surface area contributed by atoms with E-state index in [1.54, 1.807) is 0 Å². The minimum Gasteiger partial charge on any atom is -0.326 e. The van der Waals surface area contributed by atoms with E-state index in [1.165, 1.54) is 0 Å². The van der Waals surface area contributed by atoms with Crippen molar-refractivity contribution < 1.29 is 8.42 Å². The van der Waals surface area contributed by atoms with Crippen molar-refractivity contribution in [2.45, 2.75) is 36.6 Å². The third-order valence-electron chi connectivity index (χ3n) is 2.82. The second kappa shape index (κ2) is 4.80. The van der Waals surface area contributed by atoms with Crippen molar-refractivity contribution in [1.29, 1.82) is 0 Å². The standard InChI is InChI=1S/C10H13ClN2O3S/c11-9-5-8(6-12-10(9)14)17(15,16)13-7-3-1-2-4-7/h5-7,13H,1-4H2,(H,12,14). The summed E-state index contributed by atoms with van der Waals surface area (Å²) in [7, 11) is -3.59. The third kappa shape index (κ3) is 2.88. The molecule has 5 nitrogen and oxygen atoms in total. The van der Waals surface area contributed by atoms with Crippen molar-refractivity contribution in [2.24, 2.45) is 0 Å². The first-order chi connectivity index (χ1) is 7.99.